The predicted molar refractivity (Wildman–Crippen MR) is 53.7 cm³/mol. The minimum Gasteiger partial charge on any atom is -0.371 e. The zero-order valence-corrected chi connectivity index (χ0v) is 8.95. The second-order valence-electron chi connectivity index (χ2n) is 3.13. The van der Waals surface area contributed by atoms with Gasteiger partial charge >= 0.3 is 10.3 Å². The Balaban J connectivity index is 2.10. The minimum absolute atomic E-state index is 0.167. The molecule has 1 aromatic rings. The summed E-state index contributed by atoms with van der Waals surface area (Å²) in [6.45, 7) is 0.731. The Bertz CT molecular complexity index is 436. The maximum atomic E-state index is 11.0. The van der Waals surface area contributed by atoms with Gasteiger partial charge in [-0.1, -0.05) is 12.1 Å². The number of ether oxygens (including phenoxy) is 1. The fourth-order valence-electron chi connectivity index (χ4n) is 1.15. The molecule has 0 saturated carbocycles. The summed E-state index contributed by atoms with van der Waals surface area (Å²) in [5.41, 5.74) is 1.03. The molecule has 0 aromatic heterocycles. The fourth-order valence-corrected chi connectivity index (χ4v) is 1.59. The van der Waals surface area contributed by atoms with Crippen LogP contribution in [0, 0.1) is 0 Å². The molecular weight excluding hydrogens is 218 g/mol. The number of epoxide rings is 1. The quantitative estimate of drug-likeness (QED) is 0.768. The third-order valence-electron chi connectivity index (χ3n) is 2.04. The van der Waals surface area contributed by atoms with Gasteiger partial charge in [0, 0.05) is 7.05 Å². The maximum absolute atomic E-state index is 11.0. The van der Waals surface area contributed by atoms with Crippen LogP contribution in [0.2, 0.25) is 0 Å². The van der Waals surface area contributed by atoms with E-state index in [-0.39, 0.29) is 11.9 Å². The molecule has 1 aromatic carbocycles. The van der Waals surface area contributed by atoms with E-state index in [0.29, 0.717) is 0 Å². The van der Waals surface area contributed by atoms with Crippen LogP contribution in [0.15, 0.2) is 24.3 Å². The first-order valence-electron chi connectivity index (χ1n) is 4.45. The van der Waals surface area contributed by atoms with Crippen LogP contribution >= 0.6 is 0 Å². The Hall–Kier alpha value is -1.11. The molecule has 0 amide bonds. The van der Waals surface area contributed by atoms with Gasteiger partial charge in [-0.25, -0.2) is 0 Å². The Labute approximate surface area is 88.3 Å². The smallest absolute Gasteiger partial charge is 0.371 e. The topological polar surface area (TPSA) is 67.9 Å². The summed E-state index contributed by atoms with van der Waals surface area (Å²) in [5, 5.41) is 0. The normalized spacial score (nSPS) is 19.9. The maximum Gasteiger partial charge on any atom is 0.382 e. The van der Waals surface area contributed by atoms with E-state index in [1.165, 1.54) is 7.05 Å². The van der Waals surface area contributed by atoms with Crippen molar-refractivity contribution in [3.05, 3.63) is 29.8 Å². The van der Waals surface area contributed by atoms with Gasteiger partial charge in [0.15, 0.2) is 0 Å². The molecule has 15 heavy (non-hydrogen) atoms. The number of hydrogen-bond acceptors (Lipinski definition) is 4. The molecule has 0 spiro atoms. The van der Waals surface area contributed by atoms with Crippen molar-refractivity contribution in [2.45, 2.75) is 6.10 Å². The molecule has 1 atom stereocenters. The molecule has 2 rings (SSSR count). The summed E-state index contributed by atoms with van der Waals surface area (Å²) in [6, 6.07) is 6.79. The van der Waals surface area contributed by atoms with Crippen molar-refractivity contribution < 1.29 is 17.3 Å². The van der Waals surface area contributed by atoms with Crippen LogP contribution in [0.4, 0.5) is 0 Å². The summed E-state index contributed by atoms with van der Waals surface area (Å²) in [6.07, 6.45) is 0.167. The van der Waals surface area contributed by atoms with Gasteiger partial charge < -0.3 is 8.92 Å². The standard InChI is InChI=1S/C9H11NO4S/c1-10-15(11,12)14-8-4-2-7(3-5-8)9-6-13-9/h2-5,9-10H,6H2,1H3. The lowest BCUT2D eigenvalue weighted by Gasteiger charge is -2.05. The van der Waals surface area contributed by atoms with Crippen LogP contribution in [-0.4, -0.2) is 22.1 Å². The van der Waals surface area contributed by atoms with E-state index >= 15 is 0 Å². The highest BCUT2D eigenvalue weighted by Gasteiger charge is 2.24. The average Bonchev–Trinajstić information content (AvgIpc) is 3.02. The predicted octanol–water partition coefficient (Wildman–Crippen LogP) is 0.601. The highest BCUT2D eigenvalue weighted by molar-refractivity contribution is 7.85. The molecular formula is C9H11NO4S. The van der Waals surface area contributed by atoms with Crippen LogP contribution in [0.25, 0.3) is 0 Å². The molecule has 1 heterocycles. The van der Waals surface area contributed by atoms with Crippen molar-refractivity contribution in [1.29, 1.82) is 0 Å². The lowest BCUT2D eigenvalue weighted by Crippen LogP contribution is -2.24. The second-order valence-corrected chi connectivity index (χ2v) is 4.62. The van der Waals surface area contributed by atoms with Gasteiger partial charge in [-0.05, 0) is 17.7 Å². The monoisotopic (exact) mass is 229 g/mol. The van der Waals surface area contributed by atoms with Crippen molar-refractivity contribution in [2.24, 2.45) is 0 Å². The van der Waals surface area contributed by atoms with Crippen molar-refractivity contribution in [3.63, 3.8) is 0 Å². The highest BCUT2D eigenvalue weighted by atomic mass is 32.2. The molecule has 1 saturated heterocycles. The van der Waals surface area contributed by atoms with E-state index in [2.05, 4.69) is 4.72 Å². The van der Waals surface area contributed by atoms with Gasteiger partial charge in [-0.3, -0.25) is 0 Å². The molecule has 1 N–H and O–H groups in total. The molecule has 0 aliphatic carbocycles. The van der Waals surface area contributed by atoms with E-state index in [4.69, 9.17) is 8.92 Å². The number of rotatable bonds is 4. The summed E-state index contributed by atoms with van der Waals surface area (Å²) in [4.78, 5) is 0. The first kappa shape index (κ1) is 10.4. The molecule has 82 valence electrons. The first-order valence-corrected chi connectivity index (χ1v) is 5.86. The second kappa shape index (κ2) is 3.80. The van der Waals surface area contributed by atoms with Gasteiger partial charge in [0.25, 0.3) is 0 Å². The summed E-state index contributed by atoms with van der Waals surface area (Å²) < 4.78 is 34.0. The largest absolute Gasteiger partial charge is 0.382 e. The lowest BCUT2D eigenvalue weighted by molar-refractivity contribution is 0.415. The van der Waals surface area contributed by atoms with Gasteiger partial charge in [0.05, 0.1) is 6.61 Å². The van der Waals surface area contributed by atoms with E-state index in [1.807, 2.05) is 0 Å². The van der Waals surface area contributed by atoms with Gasteiger partial charge in [-0.2, -0.15) is 13.1 Å². The van der Waals surface area contributed by atoms with Crippen LogP contribution < -0.4 is 8.91 Å². The molecule has 0 radical (unpaired) electrons. The number of benzene rings is 1. The summed E-state index contributed by atoms with van der Waals surface area (Å²) >= 11 is 0. The third-order valence-corrected chi connectivity index (χ3v) is 2.95. The first-order chi connectivity index (χ1) is 7.11. The fraction of sp³-hybridized carbons (Fsp3) is 0.333. The van der Waals surface area contributed by atoms with Gasteiger partial charge in [0.1, 0.15) is 11.9 Å². The molecule has 1 fully saturated rings. The van der Waals surface area contributed by atoms with Crippen molar-refractivity contribution >= 4 is 10.3 Å². The van der Waals surface area contributed by atoms with E-state index in [0.717, 1.165) is 12.2 Å². The Kier molecular flexibility index (Phi) is 2.64. The zero-order chi connectivity index (χ0) is 10.9. The number of nitrogens with one attached hydrogen (secondary N) is 1. The van der Waals surface area contributed by atoms with Crippen molar-refractivity contribution in [1.82, 2.24) is 4.72 Å². The van der Waals surface area contributed by atoms with E-state index in [1.54, 1.807) is 24.3 Å². The Morgan fingerprint density at radius 3 is 2.47 bits per heavy atom. The van der Waals surface area contributed by atoms with Crippen LogP contribution in [-0.2, 0) is 15.0 Å². The number of hydrogen-bond donors (Lipinski definition) is 1. The van der Waals surface area contributed by atoms with Crippen molar-refractivity contribution in [3.8, 4) is 5.75 Å². The summed E-state index contributed by atoms with van der Waals surface area (Å²) in [7, 11) is -2.38. The van der Waals surface area contributed by atoms with E-state index in [9.17, 15) is 8.42 Å². The van der Waals surface area contributed by atoms with Crippen LogP contribution in [0.5, 0.6) is 5.75 Å². The molecule has 1 aliphatic heterocycles. The average molecular weight is 229 g/mol. The van der Waals surface area contributed by atoms with Crippen LogP contribution in [0.3, 0.4) is 0 Å². The molecule has 5 nitrogen and oxygen atoms in total. The Morgan fingerprint density at radius 2 is 2.00 bits per heavy atom. The highest BCUT2D eigenvalue weighted by Crippen LogP contribution is 2.30. The lowest BCUT2D eigenvalue weighted by atomic mass is 10.2. The zero-order valence-electron chi connectivity index (χ0n) is 8.14. The van der Waals surface area contributed by atoms with E-state index < -0.39 is 10.3 Å². The van der Waals surface area contributed by atoms with Crippen molar-refractivity contribution in [2.75, 3.05) is 13.7 Å². The van der Waals surface area contributed by atoms with Crippen LogP contribution in [0.1, 0.15) is 11.7 Å². The molecule has 1 aliphatic rings. The van der Waals surface area contributed by atoms with Gasteiger partial charge in [0.2, 0.25) is 0 Å². The van der Waals surface area contributed by atoms with Gasteiger partial charge in [-0.15, -0.1) is 0 Å². The molecule has 0 bridgehead atoms. The third kappa shape index (κ3) is 2.68. The summed E-state index contributed by atoms with van der Waals surface area (Å²) in [5.74, 6) is 0.286. The SMILES string of the molecule is CNS(=O)(=O)Oc1ccc(C2CO2)cc1. The molecule has 1 unspecified atom stereocenters. The minimum atomic E-state index is -3.67. The molecule has 6 heteroatoms. The Morgan fingerprint density at radius 1 is 1.40 bits per heavy atom.